The zero-order chi connectivity index (χ0) is 11.5. The van der Waals surface area contributed by atoms with Crippen LogP contribution in [0.4, 0.5) is 0 Å². The molecule has 1 amide bonds. The Morgan fingerprint density at radius 2 is 2.25 bits per heavy atom. The van der Waals surface area contributed by atoms with Crippen LogP contribution in [0, 0.1) is 11.3 Å². The molecule has 0 bridgehead atoms. The van der Waals surface area contributed by atoms with Gasteiger partial charge in [0.05, 0.1) is 5.56 Å². The van der Waals surface area contributed by atoms with Crippen LogP contribution in [-0.2, 0) is 11.3 Å². The average Bonchev–Trinajstić information content (AvgIpc) is 2.68. The molecule has 0 fully saturated rings. The minimum absolute atomic E-state index is 0.110. The largest absolute Gasteiger partial charge is 0.337 e. The number of nitrogens with zero attached hydrogens (tertiary/aromatic N) is 2. The summed E-state index contributed by atoms with van der Waals surface area (Å²) in [6.45, 7) is 0.110. The number of hydrazine groups is 1. The third-order valence-corrected chi connectivity index (χ3v) is 2.38. The molecule has 5 nitrogen and oxygen atoms in total. The zero-order valence-electron chi connectivity index (χ0n) is 8.47. The molecule has 2 aromatic rings. The van der Waals surface area contributed by atoms with Crippen molar-refractivity contribution in [2.45, 2.75) is 6.54 Å². The van der Waals surface area contributed by atoms with Gasteiger partial charge >= 0.3 is 0 Å². The highest BCUT2D eigenvalue weighted by Gasteiger charge is 2.09. The number of rotatable bonds is 2. The van der Waals surface area contributed by atoms with Crippen molar-refractivity contribution in [2.75, 3.05) is 0 Å². The van der Waals surface area contributed by atoms with E-state index in [9.17, 15) is 4.79 Å². The van der Waals surface area contributed by atoms with Crippen LogP contribution in [0.1, 0.15) is 5.56 Å². The van der Waals surface area contributed by atoms with Gasteiger partial charge in [-0.15, -0.1) is 0 Å². The monoisotopic (exact) mass is 214 g/mol. The number of carbonyl (C=O) groups excluding carboxylic acids is 1. The van der Waals surface area contributed by atoms with Gasteiger partial charge in [-0.3, -0.25) is 10.2 Å². The van der Waals surface area contributed by atoms with Gasteiger partial charge in [0.15, 0.2) is 0 Å². The van der Waals surface area contributed by atoms with Gasteiger partial charge < -0.3 is 4.57 Å². The van der Waals surface area contributed by atoms with E-state index in [-0.39, 0.29) is 12.5 Å². The fourth-order valence-electron chi connectivity index (χ4n) is 1.67. The molecule has 0 saturated heterocycles. The van der Waals surface area contributed by atoms with Crippen LogP contribution in [0.3, 0.4) is 0 Å². The highest BCUT2D eigenvalue weighted by atomic mass is 16.2. The topological polar surface area (TPSA) is 83.8 Å². The van der Waals surface area contributed by atoms with E-state index >= 15 is 0 Å². The first-order valence-electron chi connectivity index (χ1n) is 4.73. The number of hydrogen-bond acceptors (Lipinski definition) is 3. The Morgan fingerprint density at radius 1 is 1.50 bits per heavy atom. The van der Waals surface area contributed by atoms with Gasteiger partial charge in [-0.1, -0.05) is 18.2 Å². The predicted molar refractivity (Wildman–Crippen MR) is 59.0 cm³/mol. The standard InChI is InChI=1S/C11H10N4O/c12-5-8-6-15(7-11(16)14-13)10-4-2-1-3-9(8)10/h1-4,6H,7,13H2,(H,14,16). The molecule has 0 atom stereocenters. The Balaban J connectivity index is 2.54. The Hall–Kier alpha value is -2.32. The maximum absolute atomic E-state index is 11.2. The molecule has 0 aliphatic rings. The molecule has 0 aliphatic carbocycles. The fraction of sp³-hybridized carbons (Fsp3) is 0.0909. The van der Waals surface area contributed by atoms with Gasteiger partial charge in [0.2, 0.25) is 0 Å². The molecule has 1 heterocycles. The molecular formula is C11H10N4O. The second-order valence-corrected chi connectivity index (χ2v) is 3.37. The average molecular weight is 214 g/mol. The molecular weight excluding hydrogens is 204 g/mol. The van der Waals surface area contributed by atoms with Gasteiger partial charge in [0.25, 0.3) is 5.91 Å². The van der Waals surface area contributed by atoms with Crippen LogP contribution < -0.4 is 11.3 Å². The van der Waals surface area contributed by atoms with E-state index < -0.39 is 0 Å². The van der Waals surface area contributed by atoms with Crippen molar-refractivity contribution >= 4 is 16.8 Å². The van der Waals surface area contributed by atoms with Crippen molar-refractivity contribution < 1.29 is 4.79 Å². The molecule has 0 aliphatic heterocycles. The molecule has 1 aromatic heterocycles. The summed E-state index contributed by atoms with van der Waals surface area (Å²) in [7, 11) is 0. The number of nitrogens with one attached hydrogen (secondary N) is 1. The van der Waals surface area contributed by atoms with Crippen molar-refractivity contribution in [3.63, 3.8) is 0 Å². The molecule has 0 spiro atoms. The highest BCUT2D eigenvalue weighted by molar-refractivity contribution is 5.88. The van der Waals surface area contributed by atoms with Crippen LogP contribution in [-0.4, -0.2) is 10.5 Å². The number of benzene rings is 1. The zero-order valence-corrected chi connectivity index (χ0v) is 8.47. The Morgan fingerprint density at radius 3 is 2.94 bits per heavy atom. The number of fused-ring (bicyclic) bond motifs is 1. The van der Waals surface area contributed by atoms with Gasteiger partial charge in [-0.05, 0) is 6.07 Å². The van der Waals surface area contributed by atoms with Crippen LogP contribution in [0.15, 0.2) is 30.5 Å². The number of carbonyl (C=O) groups is 1. The quantitative estimate of drug-likeness (QED) is 0.434. The van der Waals surface area contributed by atoms with E-state index in [0.29, 0.717) is 5.56 Å². The third-order valence-electron chi connectivity index (χ3n) is 2.38. The molecule has 1 aromatic carbocycles. The number of nitriles is 1. The maximum atomic E-state index is 11.2. The van der Waals surface area contributed by atoms with Crippen LogP contribution in [0.5, 0.6) is 0 Å². The number of aromatic nitrogens is 1. The lowest BCUT2D eigenvalue weighted by Crippen LogP contribution is -2.33. The minimum atomic E-state index is -0.301. The summed E-state index contributed by atoms with van der Waals surface area (Å²) in [5, 5.41) is 9.79. The van der Waals surface area contributed by atoms with Crippen molar-refractivity contribution in [1.29, 1.82) is 5.26 Å². The van der Waals surface area contributed by atoms with Crippen LogP contribution >= 0.6 is 0 Å². The number of amides is 1. The molecule has 0 saturated carbocycles. The first kappa shape index (κ1) is 10.2. The summed E-state index contributed by atoms with van der Waals surface area (Å²) < 4.78 is 1.70. The van der Waals surface area contributed by atoms with E-state index in [1.165, 1.54) is 0 Å². The van der Waals surface area contributed by atoms with Crippen LogP contribution in [0.25, 0.3) is 10.9 Å². The van der Waals surface area contributed by atoms with E-state index in [1.54, 1.807) is 10.8 Å². The molecule has 2 rings (SSSR count). The fourth-order valence-corrected chi connectivity index (χ4v) is 1.67. The molecule has 0 unspecified atom stereocenters. The first-order valence-corrected chi connectivity index (χ1v) is 4.73. The van der Waals surface area contributed by atoms with Crippen molar-refractivity contribution in [1.82, 2.24) is 9.99 Å². The summed E-state index contributed by atoms with van der Waals surface area (Å²) >= 11 is 0. The lowest BCUT2D eigenvalue weighted by Gasteiger charge is -2.02. The van der Waals surface area contributed by atoms with E-state index in [1.807, 2.05) is 24.3 Å². The van der Waals surface area contributed by atoms with Crippen molar-refractivity contribution in [3.8, 4) is 6.07 Å². The lowest BCUT2D eigenvalue weighted by atomic mass is 10.2. The second-order valence-electron chi connectivity index (χ2n) is 3.37. The van der Waals surface area contributed by atoms with Crippen molar-refractivity contribution in [2.24, 2.45) is 5.84 Å². The number of nitrogens with two attached hydrogens (primary N) is 1. The van der Waals surface area contributed by atoms with E-state index in [4.69, 9.17) is 11.1 Å². The number of para-hydroxylation sites is 1. The summed E-state index contributed by atoms with van der Waals surface area (Å²) in [5.74, 6) is 4.72. The SMILES string of the molecule is N#Cc1cn(CC(=O)NN)c2ccccc12. The summed E-state index contributed by atoms with van der Waals surface area (Å²) in [6, 6.07) is 9.53. The Kier molecular flexibility index (Phi) is 2.58. The van der Waals surface area contributed by atoms with E-state index in [0.717, 1.165) is 10.9 Å². The molecule has 0 radical (unpaired) electrons. The Labute approximate surface area is 92.0 Å². The lowest BCUT2D eigenvalue weighted by molar-refractivity contribution is -0.121. The molecule has 3 N–H and O–H groups in total. The second kappa shape index (κ2) is 4.04. The van der Waals surface area contributed by atoms with Crippen LogP contribution in [0.2, 0.25) is 0 Å². The predicted octanol–water partition coefficient (Wildman–Crippen LogP) is 0.503. The normalized spacial score (nSPS) is 10.0. The van der Waals surface area contributed by atoms with Gasteiger partial charge in [-0.2, -0.15) is 5.26 Å². The van der Waals surface area contributed by atoms with Gasteiger partial charge in [0.1, 0.15) is 12.6 Å². The molecule has 5 heteroatoms. The summed E-state index contributed by atoms with van der Waals surface area (Å²) in [5.41, 5.74) is 3.47. The minimum Gasteiger partial charge on any atom is -0.337 e. The maximum Gasteiger partial charge on any atom is 0.253 e. The molecule has 80 valence electrons. The third kappa shape index (κ3) is 1.62. The highest BCUT2D eigenvalue weighted by Crippen LogP contribution is 2.20. The Bertz CT molecular complexity index is 579. The first-order chi connectivity index (χ1) is 7.76. The summed E-state index contributed by atoms with van der Waals surface area (Å²) in [6.07, 6.45) is 1.65. The summed E-state index contributed by atoms with van der Waals surface area (Å²) in [4.78, 5) is 11.2. The number of hydrogen-bond donors (Lipinski definition) is 2. The van der Waals surface area contributed by atoms with Crippen molar-refractivity contribution in [3.05, 3.63) is 36.0 Å². The molecule has 16 heavy (non-hydrogen) atoms. The van der Waals surface area contributed by atoms with Gasteiger partial charge in [-0.25, -0.2) is 5.84 Å². The smallest absolute Gasteiger partial charge is 0.253 e. The van der Waals surface area contributed by atoms with Gasteiger partial charge in [0, 0.05) is 17.1 Å². The van der Waals surface area contributed by atoms with E-state index in [2.05, 4.69) is 11.5 Å².